The molecule has 0 bridgehead atoms. The summed E-state index contributed by atoms with van der Waals surface area (Å²) in [5, 5.41) is 2.83. The first-order valence-corrected chi connectivity index (χ1v) is 3.78. The van der Waals surface area contributed by atoms with E-state index in [-0.39, 0.29) is 11.5 Å². The summed E-state index contributed by atoms with van der Waals surface area (Å²) in [6, 6.07) is -0.00468. The zero-order valence-electron chi connectivity index (χ0n) is 7.81. The van der Waals surface area contributed by atoms with Crippen molar-refractivity contribution in [2.24, 2.45) is 16.9 Å². The van der Waals surface area contributed by atoms with Gasteiger partial charge < -0.3 is 16.8 Å². The van der Waals surface area contributed by atoms with Crippen LogP contribution in [0.15, 0.2) is 11.9 Å². The van der Waals surface area contributed by atoms with Gasteiger partial charge in [-0.25, -0.2) is 0 Å². The fourth-order valence-corrected chi connectivity index (χ4v) is 0.527. The summed E-state index contributed by atoms with van der Waals surface area (Å²) in [4.78, 5) is 0. The Morgan fingerprint density at radius 3 is 2.18 bits per heavy atom. The van der Waals surface area contributed by atoms with Gasteiger partial charge in [-0.2, -0.15) is 0 Å². The summed E-state index contributed by atoms with van der Waals surface area (Å²) in [7, 11) is 1.78. The Bertz CT molecular complexity index is 144. The van der Waals surface area contributed by atoms with Gasteiger partial charge in [0.2, 0.25) is 0 Å². The van der Waals surface area contributed by atoms with E-state index < -0.39 is 0 Å². The van der Waals surface area contributed by atoms with Gasteiger partial charge in [0.1, 0.15) is 0 Å². The lowest BCUT2D eigenvalue weighted by Crippen LogP contribution is -2.35. The average Bonchev–Trinajstić information content (AvgIpc) is 1.85. The molecule has 0 aliphatic heterocycles. The van der Waals surface area contributed by atoms with Crippen LogP contribution in [0.25, 0.3) is 0 Å². The van der Waals surface area contributed by atoms with Crippen LogP contribution in [0.3, 0.4) is 0 Å². The molecule has 0 fully saturated rings. The first-order valence-electron chi connectivity index (χ1n) is 3.78. The molecule has 1 atom stereocenters. The van der Waals surface area contributed by atoms with Crippen LogP contribution in [0, 0.1) is 5.41 Å². The highest BCUT2D eigenvalue weighted by atomic mass is 15.0. The van der Waals surface area contributed by atoms with E-state index in [0.717, 1.165) is 0 Å². The Labute approximate surface area is 68.8 Å². The van der Waals surface area contributed by atoms with Crippen LogP contribution >= 0.6 is 0 Å². The minimum Gasteiger partial charge on any atom is -0.386 e. The van der Waals surface area contributed by atoms with Gasteiger partial charge in [0.15, 0.2) is 0 Å². The molecule has 1 unspecified atom stereocenters. The fraction of sp³-hybridized carbons (Fsp3) is 0.750. The van der Waals surface area contributed by atoms with E-state index >= 15 is 0 Å². The summed E-state index contributed by atoms with van der Waals surface area (Å²) < 4.78 is 0. The summed E-state index contributed by atoms with van der Waals surface area (Å²) in [5.74, 6) is 0.632. The molecule has 0 aromatic carbocycles. The molecule has 0 saturated heterocycles. The minimum absolute atomic E-state index is 0.00468. The maximum absolute atomic E-state index is 5.83. The van der Waals surface area contributed by atoms with E-state index in [4.69, 9.17) is 11.5 Å². The van der Waals surface area contributed by atoms with Crippen LogP contribution in [0.2, 0.25) is 0 Å². The van der Waals surface area contributed by atoms with Gasteiger partial charge in [0, 0.05) is 13.1 Å². The Morgan fingerprint density at radius 2 is 1.91 bits per heavy atom. The van der Waals surface area contributed by atoms with Crippen LogP contribution < -0.4 is 16.8 Å². The van der Waals surface area contributed by atoms with Gasteiger partial charge in [-0.1, -0.05) is 20.8 Å². The maximum atomic E-state index is 5.83. The molecule has 0 amide bonds. The van der Waals surface area contributed by atoms with Gasteiger partial charge in [-0.15, -0.1) is 0 Å². The SMILES string of the molecule is CN/C(N)=C\C(N)C(C)(C)C. The van der Waals surface area contributed by atoms with E-state index in [9.17, 15) is 0 Å². The number of hydrogen-bond donors (Lipinski definition) is 3. The summed E-state index contributed by atoms with van der Waals surface area (Å²) in [6.45, 7) is 6.24. The van der Waals surface area contributed by atoms with Crippen LogP contribution in [0.4, 0.5) is 0 Å². The molecule has 0 aliphatic rings. The second kappa shape index (κ2) is 3.62. The molecular formula is C8H19N3. The molecule has 0 radical (unpaired) electrons. The van der Waals surface area contributed by atoms with Crippen LogP contribution in [-0.2, 0) is 0 Å². The monoisotopic (exact) mass is 157 g/mol. The molecule has 0 aromatic rings. The van der Waals surface area contributed by atoms with E-state index in [1.807, 2.05) is 6.08 Å². The first kappa shape index (κ1) is 10.3. The van der Waals surface area contributed by atoms with Crippen LogP contribution in [0.1, 0.15) is 20.8 Å². The second-order valence-electron chi connectivity index (χ2n) is 3.76. The Hall–Kier alpha value is -0.700. The highest BCUT2D eigenvalue weighted by Gasteiger charge is 2.18. The van der Waals surface area contributed by atoms with E-state index in [0.29, 0.717) is 5.82 Å². The van der Waals surface area contributed by atoms with Crippen molar-refractivity contribution >= 4 is 0 Å². The fourth-order valence-electron chi connectivity index (χ4n) is 0.527. The Balaban J connectivity index is 4.17. The lowest BCUT2D eigenvalue weighted by molar-refractivity contribution is 0.364. The zero-order chi connectivity index (χ0) is 9.07. The molecule has 0 saturated carbocycles. The van der Waals surface area contributed by atoms with Gasteiger partial charge in [-0.3, -0.25) is 0 Å². The highest BCUT2D eigenvalue weighted by molar-refractivity contribution is 5.03. The van der Waals surface area contributed by atoms with Gasteiger partial charge >= 0.3 is 0 Å². The lowest BCUT2D eigenvalue weighted by Gasteiger charge is -2.24. The summed E-state index contributed by atoms with van der Waals surface area (Å²) in [6.07, 6.45) is 1.83. The van der Waals surface area contributed by atoms with Crippen molar-refractivity contribution < 1.29 is 0 Å². The molecule has 66 valence electrons. The van der Waals surface area contributed by atoms with Crippen molar-refractivity contribution in [3.05, 3.63) is 11.9 Å². The van der Waals surface area contributed by atoms with Crippen molar-refractivity contribution in [2.75, 3.05) is 7.05 Å². The molecular weight excluding hydrogens is 138 g/mol. The third-order valence-electron chi connectivity index (χ3n) is 1.65. The molecule has 11 heavy (non-hydrogen) atoms. The molecule has 5 N–H and O–H groups in total. The zero-order valence-corrected chi connectivity index (χ0v) is 7.81. The van der Waals surface area contributed by atoms with Crippen molar-refractivity contribution in [1.82, 2.24) is 5.32 Å². The Morgan fingerprint density at radius 1 is 1.45 bits per heavy atom. The Kier molecular flexibility index (Phi) is 3.39. The van der Waals surface area contributed by atoms with Crippen molar-refractivity contribution in [2.45, 2.75) is 26.8 Å². The van der Waals surface area contributed by atoms with Gasteiger partial charge in [0.05, 0.1) is 5.82 Å². The number of hydrogen-bond acceptors (Lipinski definition) is 3. The van der Waals surface area contributed by atoms with E-state index in [1.54, 1.807) is 7.05 Å². The number of rotatable bonds is 2. The molecule has 0 aliphatic carbocycles. The first-order chi connectivity index (χ1) is 4.88. The predicted molar refractivity (Wildman–Crippen MR) is 48.8 cm³/mol. The molecule has 0 rings (SSSR count). The maximum Gasteiger partial charge on any atom is 0.0932 e. The second-order valence-corrected chi connectivity index (χ2v) is 3.76. The summed E-state index contributed by atoms with van der Waals surface area (Å²) >= 11 is 0. The lowest BCUT2D eigenvalue weighted by atomic mass is 9.87. The largest absolute Gasteiger partial charge is 0.386 e. The quantitative estimate of drug-likeness (QED) is 0.543. The topological polar surface area (TPSA) is 64.1 Å². The average molecular weight is 157 g/mol. The van der Waals surface area contributed by atoms with Gasteiger partial charge in [-0.05, 0) is 11.5 Å². The molecule has 0 heterocycles. The normalized spacial score (nSPS) is 16.3. The summed E-state index contributed by atoms with van der Waals surface area (Å²) in [5.41, 5.74) is 11.4. The highest BCUT2D eigenvalue weighted by Crippen LogP contribution is 2.17. The van der Waals surface area contributed by atoms with Crippen LogP contribution in [-0.4, -0.2) is 13.1 Å². The standard InChI is InChI=1S/C8H19N3/c1-8(2,3)6(9)5-7(10)11-4/h5-6,11H,9-10H2,1-4H3/b7-5-. The predicted octanol–water partition coefficient (Wildman–Crippen LogP) is 0.379. The van der Waals surface area contributed by atoms with E-state index in [2.05, 4.69) is 26.1 Å². The molecule has 0 aromatic heterocycles. The smallest absolute Gasteiger partial charge is 0.0932 e. The van der Waals surface area contributed by atoms with E-state index in [1.165, 1.54) is 0 Å². The third-order valence-corrected chi connectivity index (χ3v) is 1.65. The van der Waals surface area contributed by atoms with Crippen LogP contribution in [0.5, 0.6) is 0 Å². The third kappa shape index (κ3) is 3.88. The molecule has 0 spiro atoms. The number of nitrogens with one attached hydrogen (secondary N) is 1. The number of nitrogens with two attached hydrogens (primary N) is 2. The van der Waals surface area contributed by atoms with Crippen molar-refractivity contribution in [3.63, 3.8) is 0 Å². The minimum atomic E-state index is -0.00468. The molecule has 3 nitrogen and oxygen atoms in total. The van der Waals surface area contributed by atoms with Crippen molar-refractivity contribution in [3.8, 4) is 0 Å². The van der Waals surface area contributed by atoms with Gasteiger partial charge in [0.25, 0.3) is 0 Å². The van der Waals surface area contributed by atoms with Crippen molar-refractivity contribution in [1.29, 1.82) is 0 Å². The molecule has 3 heteroatoms.